The van der Waals surface area contributed by atoms with Crippen LogP contribution in [0.15, 0.2) is 12.3 Å². The standard InChI is InChI=1S/C7H6ClIN2O/c1-4(12)11-6-2-7(9)10-3-5(6)8/h2-3H,1H3,(H,10,11,12). The van der Waals surface area contributed by atoms with Gasteiger partial charge in [-0.2, -0.15) is 0 Å². The average Bonchev–Trinajstić information content (AvgIpc) is 1.96. The molecule has 64 valence electrons. The predicted octanol–water partition coefficient (Wildman–Crippen LogP) is 2.30. The van der Waals surface area contributed by atoms with Gasteiger partial charge in [-0.3, -0.25) is 4.79 Å². The van der Waals surface area contributed by atoms with Crippen LogP contribution in [0.5, 0.6) is 0 Å². The lowest BCUT2D eigenvalue weighted by Crippen LogP contribution is -2.06. The van der Waals surface area contributed by atoms with Gasteiger partial charge in [0.15, 0.2) is 0 Å². The third kappa shape index (κ3) is 2.60. The van der Waals surface area contributed by atoms with Crippen molar-refractivity contribution in [3.05, 3.63) is 21.0 Å². The molecule has 5 heteroatoms. The molecule has 0 aliphatic heterocycles. The predicted molar refractivity (Wildman–Crippen MR) is 56.3 cm³/mol. The Morgan fingerprint density at radius 3 is 3.00 bits per heavy atom. The maximum Gasteiger partial charge on any atom is 0.221 e. The van der Waals surface area contributed by atoms with Gasteiger partial charge in [-0.1, -0.05) is 11.6 Å². The van der Waals surface area contributed by atoms with Crippen molar-refractivity contribution in [1.82, 2.24) is 4.98 Å². The van der Waals surface area contributed by atoms with Crippen molar-refractivity contribution in [2.75, 3.05) is 5.32 Å². The number of carbonyl (C=O) groups is 1. The fourth-order valence-corrected chi connectivity index (χ4v) is 1.30. The molecule has 0 unspecified atom stereocenters. The summed E-state index contributed by atoms with van der Waals surface area (Å²) in [7, 11) is 0. The van der Waals surface area contributed by atoms with Crippen LogP contribution >= 0.6 is 34.2 Å². The monoisotopic (exact) mass is 296 g/mol. The second-order valence-electron chi connectivity index (χ2n) is 2.17. The van der Waals surface area contributed by atoms with E-state index in [9.17, 15) is 4.79 Å². The summed E-state index contributed by atoms with van der Waals surface area (Å²) in [4.78, 5) is 14.6. The number of rotatable bonds is 1. The van der Waals surface area contributed by atoms with Gasteiger partial charge in [0.2, 0.25) is 5.91 Å². The van der Waals surface area contributed by atoms with Crippen molar-refractivity contribution in [2.45, 2.75) is 6.92 Å². The lowest BCUT2D eigenvalue weighted by Gasteiger charge is -2.03. The van der Waals surface area contributed by atoms with Gasteiger partial charge in [0.1, 0.15) is 3.70 Å². The van der Waals surface area contributed by atoms with Crippen LogP contribution < -0.4 is 5.32 Å². The molecule has 1 rings (SSSR count). The van der Waals surface area contributed by atoms with E-state index in [1.165, 1.54) is 13.1 Å². The number of pyridine rings is 1. The first-order valence-electron chi connectivity index (χ1n) is 3.18. The highest BCUT2D eigenvalue weighted by atomic mass is 127. The highest BCUT2D eigenvalue weighted by Crippen LogP contribution is 2.21. The zero-order valence-corrected chi connectivity index (χ0v) is 9.18. The first kappa shape index (κ1) is 9.73. The molecule has 3 nitrogen and oxygen atoms in total. The van der Waals surface area contributed by atoms with Crippen molar-refractivity contribution in [2.24, 2.45) is 0 Å². The molecule has 0 spiro atoms. The maximum atomic E-state index is 10.7. The Morgan fingerprint density at radius 1 is 1.75 bits per heavy atom. The summed E-state index contributed by atoms with van der Waals surface area (Å²) < 4.78 is 0.792. The summed E-state index contributed by atoms with van der Waals surface area (Å²) in [6.07, 6.45) is 1.51. The summed E-state index contributed by atoms with van der Waals surface area (Å²) >= 11 is 7.81. The Bertz CT molecular complexity index is 316. The third-order valence-electron chi connectivity index (χ3n) is 1.13. The van der Waals surface area contributed by atoms with E-state index < -0.39 is 0 Å². The molecule has 0 aliphatic carbocycles. The minimum absolute atomic E-state index is 0.140. The summed E-state index contributed by atoms with van der Waals surface area (Å²) in [5.41, 5.74) is 0.601. The molecular formula is C7H6ClIN2O. The fraction of sp³-hybridized carbons (Fsp3) is 0.143. The Labute approximate surface area is 88.7 Å². The SMILES string of the molecule is CC(=O)Nc1cc(I)ncc1Cl. The Balaban J connectivity index is 2.97. The van der Waals surface area contributed by atoms with Gasteiger partial charge < -0.3 is 5.32 Å². The molecule has 0 saturated carbocycles. The van der Waals surface area contributed by atoms with Crippen LogP contribution in [0.25, 0.3) is 0 Å². The second-order valence-corrected chi connectivity index (χ2v) is 3.68. The molecular weight excluding hydrogens is 290 g/mol. The lowest BCUT2D eigenvalue weighted by molar-refractivity contribution is -0.114. The normalized spacial score (nSPS) is 9.58. The van der Waals surface area contributed by atoms with Gasteiger partial charge in [-0.25, -0.2) is 4.98 Å². The number of amides is 1. The topological polar surface area (TPSA) is 42.0 Å². The number of halogens is 2. The number of nitrogens with zero attached hydrogens (tertiary/aromatic N) is 1. The number of nitrogens with one attached hydrogen (secondary N) is 1. The maximum absolute atomic E-state index is 10.7. The van der Waals surface area contributed by atoms with E-state index >= 15 is 0 Å². The van der Waals surface area contributed by atoms with Crippen molar-refractivity contribution < 1.29 is 4.79 Å². The molecule has 12 heavy (non-hydrogen) atoms. The van der Waals surface area contributed by atoms with E-state index in [0.717, 1.165) is 3.70 Å². The fourth-order valence-electron chi connectivity index (χ4n) is 0.699. The molecule has 0 saturated heterocycles. The van der Waals surface area contributed by atoms with Crippen LogP contribution in [0.2, 0.25) is 5.02 Å². The highest BCUT2D eigenvalue weighted by Gasteiger charge is 2.02. The number of aromatic nitrogens is 1. The quantitative estimate of drug-likeness (QED) is 0.638. The molecule has 0 aromatic carbocycles. The second kappa shape index (κ2) is 4.04. The summed E-state index contributed by atoms with van der Waals surface area (Å²) in [6, 6.07) is 1.71. The molecule has 0 aliphatic rings. The number of anilines is 1. The minimum atomic E-state index is -0.140. The van der Waals surface area contributed by atoms with Gasteiger partial charge in [0, 0.05) is 13.1 Å². The van der Waals surface area contributed by atoms with E-state index in [-0.39, 0.29) is 5.91 Å². The van der Waals surface area contributed by atoms with Crippen LogP contribution in [0.3, 0.4) is 0 Å². The summed E-state index contributed by atoms with van der Waals surface area (Å²) in [5, 5.41) is 3.05. The molecule has 0 bridgehead atoms. The van der Waals surface area contributed by atoms with Gasteiger partial charge in [-0.05, 0) is 28.7 Å². The molecule has 0 fully saturated rings. The third-order valence-corrected chi connectivity index (χ3v) is 2.02. The van der Waals surface area contributed by atoms with Crippen molar-refractivity contribution in [3.8, 4) is 0 Å². The zero-order valence-electron chi connectivity index (χ0n) is 6.27. The zero-order chi connectivity index (χ0) is 9.14. The summed E-state index contributed by atoms with van der Waals surface area (Å²) in [5.74, 6) is -0.140. The van der Waals surface area contributed by atoms with E-state index in [1.54, 1.807) is 6.07 Å². The first-order valence-corrected chi connectivity index (χ1v) is 4.64. The van der Waals surface area contributed by atoms with Crippen LogP contribution in [-0.4, -0.2) is 10.9 Å². The summed E-state index contributed by atoms with van der Waals surface area (Å²) in [6.45, 7) is 1.43. The van der Waals surface area contributed by atoms with Crippen LogP contribution in [-0.2, 0) is 4.79 Å². The van der Waals surface area contributed by atoms with Crippen LogP contribution in [0, 0.1) is 3.70 Å². The molecule has 0 radical (unpaired) electrons. The molecule has 0 atom stereocenters. The minimum Gasteiger partial charge on any atom is -0.325 e. The van der Waals surface area contributed by atoms with E-state index in [2.05, 4.69) is 10.3 Å². The molecule has 1 aromatic heterocycles. The highest BCUT2D eigenvalue weighted by molar-refractivity contribution is 14.1. The van der Waals surface area contributed by atoms with E-state index in [0.29, 0.717) is 10.7 Å². The van der Waals surface area contributed by atoms with Crippen LogP contribution in [0.1, 0.15) is 6.92 Å². The average molecular weight is 296 g/mol. The first-order chi connectivity index (χ1) is 5.59. The van der Waals surface area contributed by atoms with Gasteiger partial charge in [0.25, 0.3) is 0 Å². The number of carbonyl (C=O) groups excluding carboxylic acids is 1. The largest absolute Gasteiger partial charge is 0.325 e. The van der Waals surface area contributed by atoms with Crippen molar-refractivity contribution in [1.29, 1.82) is 0 Å². The van der Waals surface area contributed by atoms with Gasteiger partial charge in [0.05, 0.1) is 10.7 Å². The Morgan fingerprint density at radius 2 is 2.42 bits per heavy atom. The Kier molecular flexibility index (Phi) is 3.28. The van der Waals surface area contributed by atoms with Crippen molar-refractivity contribution >= 4 is 45.8 Å². The molecule has 1 aromatic rings. The molecule has 1 amide bonds. The number of hydrogen-bond acceptors (Lipinski definition) is 2. The lowest BCUT2D eigenvalue weighted by atomic mass is 10.4. The smallest absolute Gasteiger partial charge is 0.221 e. The van der Waals surface area contributed by atoms with E-state index in [4.69, 9.17) is 11.6 Å². The van der Waals surface area contributed by atoms with Gasteiger partial charge in [-0.15, -0.1) is 0 Å². The molecule has 1 heterocycles. The van der Waals surface area contributed by atoms with Gasteiger partial charge >= 0.3 is 0 Å². The van der Waals surface area contributed by atoms with Crippen LogP contribution in [0.4, 0.5) is 5.69 Å². The molecule has 1 N–H and O–H groups in total. The number of hydrogen-bond donors (Lipinski definition) is 1. The van der Waals surface area contributed by atoms with Crippen molar-refractivity contribution in [3.63, 3.8) is 0 Å². The van der Waals surface area contributed by atoms with E-state index in [1.807, 2.05) is 22.6 Å². The Hall–Kier alpha value is -0.360.